The molecule has 1 heterocycles. The van der Waals surface area contributed by atoms with Crippen LogP contribution in [0.15, 0.2) is 83.1 Å². The lowest BCUT2D eigenvalue weighted by atomic mass is 10.0. The van der Waals surface area contributed by atoms with E-state index in [0.29, 0.717) is 21.8 Å². The molecule has 41 heavy (non-hydrogen) atoms. The number of thioether (sulfide) groups is 1. The van der Waals surface area contributed by atoms with Gasteiger partial charge in [-0.15, -0.1) is 23.1 Å². The monoisotopic (exact) mass is 589 g/mol. The average Bonchev–Trinajstić information content (AvgIpc) is 3.37. The normalized spacial score (nSPS) is 11.4. The third-order valence-corrected chi connectivity index (χ3v) is 7.97. The van der Waals surface area contributed by atoms with Crippen molar-refractivity contribution in [3.05, 3.63) is 105 Å². The Kier molecular flexibility index (Phi) is 9.53. The van der Waals surface area contributed by atoms with Gasteiger partial charge >= 0.3 is 5.97 Å². The molecule has 3 aromatic carbocycles. The quantitative estimate of drug-likeness (QED) is 0.0868. The van der Waals surface area contributed by atoms with E-state index in [9.17, 15) is 24.5 Å². The van der Waals surface area contributed by atoms with E-state index in [0.717, 1.165) is 16.0 Å². The zero-order valence-electron chi connectivity index (χ0n) is 22.5. The fourth-order valence-corrected chi connectivity index (χ4v) is 5.74. The van der Waals surface area contributed by atoms with Gasteiger partial charge in [0.2, 0.25) is 5.91 Å². The molecule has 2 N–H and O–H groups in total. The summed E-state index contributed by atoms with van der Waals surface area (Å²) in [5, 5.41) is 18.2. The lowest BCUT2D eigenvalue weighted by Crippen LogP contribution is -2.23. The Bertz CT molecular complexity index is 1580. The fraction of sp³-hybridized carbons (Fsp3) is 0.167. The Hall–Kier alpha value is -4.48. The van der Waals surface area contributed by atoms with Crippen LogP contribution in [0, 0.1) is 17.0 Å². The highest BCUT2D eigenvalue weighted by molar-refractivity contribution is 8.00. The first-order valence-corrected chi connectivity index (χ1v) is 14.4. The van der Waals surface area contributed by atoms with Crippen LogP contribution >= 0.6 is 23.1 Å². The first-order valence-electron chi connectivity index (χ1n) is 12.6. The van der Waals surface area contributed by atoms with E-state index in [1.54, 1.807) is 32.0 Å². The maximum Gasteiger partial charge on any atom is 0.341 e. The number of aryl methyl sites for hydroxylation is 1. The number of nitrogens with zero attached hydrogens (tertiary/aromatic N) is 1. The molecule has 0 fully saturated rings. The Balaban J connectivity index is 1.45. The van der Waals surface area contributed by atoms with Crippen LogP contribution in [0.1, 0.15) is 40.1 Å². The first kappa shape index (κ1) is 29.5. The van der Waals surface area contributed by atoms with Gasteiger partial charge in [0, 0.05) is 39.2 Å². The molecule has 0 aliphatic heterocycles. The molecule has 2 amide bonds. The SMILES string of the molecule is CCOC(=O)c1c(-c2ccc(C)cc2)csc1NC(=O)C(C)Sc1cccc(NC(=O)c2ccc([N+](=O)[O-])cc2)c1. The number of amides is 2. The van der Waals surface area contributed by atoms with Gasteiger partial charge in [0.05, 0.1) is 16.8 Å². The maximum absolute atomic E-state index is 13.2. The van der Waals surface area contributed by atoms with Gasteiger partial charge in [-0.05, 0) is 56.7 Å². The standard InChI is InChI=1S/C30H27N3O6S2/c1-4-39-30(36)26-25(20-10-8-18(2)9-11-20)17-40-29(26)32-27(34)19(3)41-24-7-5-6-22(16-24)31-28(35)21-12-14-23(15-13-21)33(37)38/h5-17,19H,4H2,1-3H3,(H,31,35)(H,32,34). The highest BCUT2D eigenvalue weighted by Gasteiger charge is 2.25. The summed E-state index contributed by atoms with van der Waals surface area (Å²) in [7, 11) is 0. The molecule has 0 aliphatic rings. The Morgan fingerprint density at radius 3 is 2.39 bits per heavy atom. The molecule has 9 nitrogen and oxygen atoms in total. The van der Waals surface area contributed by atoms with E-state index in [1.165, 1.54) is 47.4 Å². The number of nitro groups is 1. The largest absolute Gasteiger partial charge is 0.462 e. The highest BCUT2D eigenvalue weighted by atomic mass is 32.2. The van der Waals surface area contributed by atoms with Crippen LogP contribution in [-0.2, 0) is 9.53 Å². The van der Waals surface area contributed by atoms with Gasteiger partial charge < -0.3 is 15.4 Å². The third kappa shape index (κ3) is 7.38. The van der Waals surface area contributed by atoms with E-state index in [2.05, 4.69) is 10.6 Å². The van der Waals surface area contributed by atoms with Crippen molar-refractivity contribution in [1.82, 2.24) is 0 Å². The van der Waals surface area contributed by atoms with Crippen LogP contribution in [0.25, 0.3) is 11.1 Å². The third-order valence-electron chi connectivity index (χ3n) is 5.98. The van der Waals surface area contributed by atoms with Crippen LogP contribution in [0.3, 0.4) is 0 Å². The topological polar surface area (TPSA) is 128 Å². The van der Waals surface area contributed by atoms with Gasteiger partial charge in [-0.2, -0.15) is 0 Å². The van der Waals surface area contributed by atoms with Gasteiger partial charge in [0.15, 0.2) is 0 Å². The molecule has 1 atom stereocenters. The number of thiophene rings is 1. The van der Waals surface area contributed by atoms with E-state index in [-0.39, 0.29) is 23.8 Å². The number of non-ortho nitro benzene ring substituents is 1. The van der Waals surface area contributed by atoms with E-state index in [1.807, 2.05) is 42.6 Å². The number of benzene rings is 3. The van der Waals surface area contributed by atoms with Gasteiger partial charge in [0.25, 0.3) is 11.6 Å². The van der Waals surface area contributed by atoms with Crippen LogP contribution < -0.4 is 10.6 Å². The number of hydrogen-bond donors (Lipinski definition) is 2. The van der Waals surface area contributed by atoms with Crippen LogP contribution in [0.5, 0.6) is 0 Å². The number of nitro benzene ring substituents is 1. The molecule has 0 saturated heterocycles. The van der Waals surface area contributed by atoms with Crippen LogP contribution in [0.2, 0.25) is 0 Å². The summed E-state index contributed by atoms with van der Waals surface area (Å²) in [4.78, 5) is 49.7. The van der Waals surface area contributed by atoms with E-state index < -0.39 is 22.0 Å². The van der Waals surface area contributed by atoms with E-state index >= 15 is 0 Å². The van der Waals surface area contributed by atoms with Crippen molar-refractivity contribution in [2.75, 3.05) is 17.2 Å². The second kappa shape index (κ2) is 13.2. The molecule has 210 valence electrons. The fourth-order valence-electron chi connectivity index (χ4n) is 3.86. The molecular weight excluding hydrogens is 562 g/mol. The number of rotatable bonds is 10. The van der Waals surface area contributed by atoms with Crippen molar-refractivity contribution in [1.29, 1.82) is 0 Å². The number of hydrogen-bond acceptors (Lipinski definition) is 8. The zero-order valence-corrected chi connectivity index (χ0v) is 24.1. The summed E-state index contributed by atoms with van der Waals surface area (Å²) in [5.41, 5.74) is 3.65. The Labute approximate surface area is 245 Å². The molecule has 1 unspecified atom stereocenters. The van der Waals surface area contributed by atoms with Gasteiger partial charge in [0.1, 0.15) is 10.6 Å². The summed E-state index contributed by atoms with van der Waals surface area (Å²) in [6.07, 6.45) is 0. The van der Waals surface area contributed by atoms with Crippen molar-refractivity contribution >= 4 is 57.3 Å². The van der Waals surface area contributed by atoms with Crippen molar-refractivity contribution in [2.24, 2.45) is 0 Å². The van der Waals surface area contributed by atoms with Gasteiger partial charge in [-0.25, -0.2) is 4.79 Å². The minimum absolute atomic E-state index is 0.101. The second-order valence-corrected chi connectivity index (χ2v) is 11.3. The molecule has 0 spiro atoms. The Morgan fingerprint density at radius 2 is 1.73 bits per heavy atom. The smallest absolute Gasteiger partial charge is 0.341 e. The molecule has 4 rings (SSSR count). The molecule has 0 radical (unpaired) electrons. The van der Waals surface area contributed by atoms with Crippen molar-refractivity contribution in [3.8, 4) is 11.1 Å². The van der Waals surface area contributed by atoms with Crippen LogP contribution in [-0.4, -0.2) is 34.6 Å². The van der Waals surface area contributed by atoms with E-state index in [4.69, 9.17) is 4.74 Å². The lowest BCUT2D eigenvalue weighted by Gasteiger charge is -2.14. The number of nitrogens with one attached hydrogen (secondary N) is 2. The predicted octanol–water partition coefficient (Wildman–Crippen LogP) is 7.18. The molecular formula is C30H27N3O6S2. The lowest BCUT2D eigenvalue weighted by molar-refractivity contribution is -0.384. The number of carbonyl (C=O) groups excluding carboxylic acids is 3. The minimum Gasteiger partial charge on any atom is -0.462 e. The number of anilines is 2. The molecule has 11 heteroatoms. The summed E-state index contributed by atoms with van der Waals surface area (Å²) in [6.45, 7) is 5.67. The predicted molar refractivity (Wildman–Crippen MR) is 162 cm³/mol. The van der Waals surface area contributed by atoms with Crippen LogP contribution in [0.4, 0.5) is 16.4 Å². The average molecular weight is 590 g/mol. The summed E-state index contributed by atoms with van der Waals surface area (Å²) < 4.78 is 5.29. The Morgan fingerprint density at radius 1 is 1.02 bits per heavy atom. The number of esters is 1. The van der Waals surface area contributed by atoms with Gasteiger partial charge in [-0.3, -0.25) is 19.7 Å². The van der Waals surface area contributed by atoms with Crippen molar-refractivity contribution in [3.63, 3.8) is 0 Å². The molecule has 4 aromatic rings. The van der Waals surface area contributed by atoms with Crippen molar-refractivity contribution in [2.45, 2.75) is 30.9 Å². The summed E-state index contributed by atoms with van der Waals surface area (Å²) >= 11 is 2.56. The molecule has 0 saturated carbocycles. The zero-order chi connectivity index (χ0) is 29.5. The number of carbonyl (C=O) groups is 3. The van der Waals surface area contributed by atoms with Crippen molar-refractivity contribution < 1.29 is 24.0 Å². The molecule has 0 bridgehead atoms. The molecule has 0 aliphatic carbocycles. The highest BCUT2D eigenvalue weighted by Crippen LogP contribution is 2.37. The maximum atomic E-state index is 13.2. The summed E-state index contributed by atoms with van der Waals surface area (Å²) in [6, 6.07) is 20.1. The van der Waals surface area contributed by atoms with Gasteiger partial charge in [-0.1, -0.05) is 35.9 Å². The minimum atomic E-state index is -0.532. The summed E-state index contributed by atoms with van der Waals surface area (Å²) in [5.74, 6) is -1.21. The molecule has 1 aromatic heterocycles. The second-order valence-electron chi connectivity index (χ2n) is 8.98. The first-order chi connectivity index (χ1) is 19.7. The number of ether oxygens (including phenoxy) is 1.